The average Bonchev–Trinajstić information content (AvgIpc) is 2.87. The molecule has 42 heavy (non-hydrogen) atoms. The number of ether oxygens (including phenoxy) is 2. The Morgan fingerprint density at radius 1 is 0.905 bits per heavy atom. The average molecular weight is 581 g/mol. The van der Waals surface area contributed by atoms with Gasteiger partial charge in [-0.3, -0.25) is 9.59 Å². The van der Waals surface area contributed by atoms with Crippen LogP contribution in [0.4, 0.5) is 4.79 Å². The van der Waals surface area contributed by atoms with Crippen LogP contribution in [0.2, 0.25) is 0 Å². The Morgan fingerprint density at radius 2 is 1.48 bits per heavy atom. The van der Waals surface area contributed by atoms with Gasteiger partial charge in [0, 0.05) is 6.42 Å². The van der Waals surface area contributed by atoms with E-state index in [1.807, 2.05) is 12.1 Å². The lowest BCUT2D eigenvalue weighted by molar-refractivity contribution is -0.159. The molecule has 0 spiro atoms. The highest BCUT2D eigenvalue weighted by molar-refractivity contribution is 5.94. The Hall–Kier alpha value is -4.59. The van der Waals surface area contributed by atoms with Gasteiger partial charge in [0.1, 0.15) is 41.6 Å². The normalized spacial score (nSPS) is 13.5. The van der Waals surface area contributed by atoms with Gasteiger partial charge in [0.25, 0.3) is 0 Å². The maximum absolute atomic E-state index is 14.0. The molecule has 226 valence electrons. The van der Waals surface area contributed by atoms with E-state index in [9.17, 15) is 29.5 Å². The predicted molar refractivity (Wildman–Crippen MR) is 155 cm³/mol. The summed E-state index contributed by atoms with van der Waals surface area (Å²) in [7, 11) is 0. The Labute approximate surface area is 246 Å². The number of amides is 3. The topological polar surface area (TPSA) is 158 Å². The summed E-state index contributed by atoms with van der Waals surface area (Å²) >= 11 is 0. The first-order valence-electron chi connectivity index (χ1n) is 13.5. The number of phenols is 1. The third kappa shape index (κ3) is 10.8. The summed E-state index contributed by atoms with van der Waals surface area (Å²) in [5.41, 5.74) is -0.627. The Kier molecular flexibility index (Phi) is 11.5. The minimum Gasteiger partial charge on any atom is -0.508 e. The van der Waals surface area contributed by atoms with Gasteiger partial charge in [-0.1, -0.05) is 42.5 Å². The molecule has 0 heterocycles. The van der Waals surface area contributed by atoms with Crippen molar-refractivity contribution in [2.75, 3.05) is 6.54 Å². The lowest BCUT2D eigenvalue weighted by atomic mass is 10.0. The van der Waals surface area contributed by atoms with E-state index in [-0.39, 0.29) is 17.7 Å². The van der Waals surface area contributed by atoms with Crippen molar-refractivity contribution in [3.05, 3.63) is 65.7 Å². The molecule has 3 unspecified atom stereocenters. The summed E-state index contributed by atoms with van der Waals surface area (Å²) in [4.78, 5) is 54.1. The molecule has 3 amide bonds. The van der Waals surface area contributed by atoms with Crippen LogP contribution in [0, 0.1) is 11.3 Å². The van der Waals surface area contributed by atoms with Crippen LogP contribution in [-0.2, 0) is 30.3 Å². The summed E-state index contributed by atoms with van der Waals surface area (Å²) in [5.74, 6) is -2.26. The summed E-state index contributed by atoms with van der Waals surface area (Å²) < 4.78 is 10.8. The lowest BCUT2D eigenvalue weighted by Gasteiger charge is -2.33. The first kappa shape index (κ1) is 33.6. The van der Waals surface area contributed by atoms with E-state index in [0.717, 1.165) is 10.5 Å². The molecule has 2 aromatic rings. The van der Waals surface area contributed by atoms with Gasteiger partial charge >= 0.3 is 12.1 Å². The van der Waals surface area contributed by atoms with Gasteiger partial charge in [0.15, 0.2) is 0 Å². The second-order valence-corrected chi connectivity index (χ2v) is 11.8. The van der Waals surface area contributed by atoms with Gasteiger partial charge < -0.3 is 30.1 Å². The number of phenolic OH excluding ortho intramolecular Hbond substituents is 1. The van der Waals surface area contributed by atoms with Crippen molar-refractivity contribution in [3.8, 4) is 11.8 Å². The molecule has 11 nitrogen and oxygen atoms in total. The van der Waals surface area contributed by atoms with E-state index >= 15 is 0 Å². The number of esters is 1. The van der Waals surface area contributed by atoms with Gasteiger partial charge in [-0.15, -0.1) is 0 Å². The molecule has 0 aliphatic carbocycles. The minimum atomic E-state index is -1.40. The number of alkyl carbamates (subject to hydrolysis) is 1. The number of nitriles is 1. The molecule has 0 saturated carbocycles. The van der Waals surface area contributed by atoms with Crippen LogP contribution < -0.4 is 10.6 Å². The van der Waals surface area contributed by atoms with Gasteiger partial charge in [0.2, 0.25) is 11.8 Å². The number of carbonyl (C=O) groups excluding carboxylic acids is 4. The fraction of sp³-hybridized carbons (Fsp3) is 0.452. The third-order valence-corrected chi connectivity index (χ3v) is 5.69. The molecular weight excluding hydrogens is 540 g/mol. The quantitative estimate of drug-likeness (QED) is 0.283. The number of benzene rings is 2. The molecule has 0 aromatic heterocycles. The van der Waals surface area contributed by atoms with Gasteiger partial charge in [-0.05, 0) is 71.7 Å². The predicted octanol–water partition coefficient (Wildman–Crippen LogP) is 3.77. The molecule has 3 N–H and O–H groups in total. The lowest BCUT2D eigenvalue weighted by Crippen LogP contribution is -2.54. The number of hydrogen-bond donors (Lipinski definition) is 3. The second-order valence-electron chi connectivity index (χ2n) is 11.8. The minimum absolute atomic E-state index is 0.0771. The molecule has 0 aliphatic rings. The van der Waals surface area contributed by atoms with Crippen LogP contribution in [0.15, 0.2) is 54.6 Å². The molecule has 0 bridgehead atoms. The highest BCUT2D eigenvalue weighted by Crippen LogP contribution is 2.25. The van der Waals surface area contributed by atoms with Crippen molar-refractivity contribution in [1.82, 2.24) is 15.5 Å². The number of carbonyl (C=O) groups is 4. The second kappa shape index (κ2) is 14.3. The zero-order valence-corrected chi connectivity index (χ0v) is 25.1. The van der Waals surface area contributed by atoms with E-state index in [2.05, 4.69) is 10.6 Å². The number of nitrogens with zero attached hydrogens (tertiary/aromatic N) is 2. The van der Waals surface area contributed by atoms with Crippen LogP contribution in [-0.4, -0.2) is 63.7 Å². The van der Waals surface area contributed by atoms with Crippen molar-refractivity contribution in [2.45, 2.75) is 84.2 Å². The van der Waals surface area contributed by atoms with Crippen LogP contribution in [0.5, 0.6) is 5.75 Å². The largest absolute Gasteiger partial charge is 0.508 e. The molecule has 3 atom stereocenters. The molecule has 0 fully saturated rings. The zero-order valence-electron chi connectivity index (χ0n) is 25.1. The smallest absolute Gasteiger partial charge is 0.408 e. The Balaban J connectivity index is 2.48. The number of nitrogens with one attached hydrogen (secondary N) is 2. The van der Waals surface area contributed by atoms with Crippen molar-refractivity contribution in [3.63, 3.8) is 0 Å². The van der Waals surface area contributed by atoms with Crippen molar-refractivity contribution < 1.29 is 33.8 Å². The van der Waals surface area contributed by atoms with E-state index < -0.39 is 59.7 Å². The first-order chi connectivity index (χ1) is 19.5. The molecule has 2 rings (SSSR count). The van der Waals surface area contributed by atoms with Gasteiger partial charge in [-0.25, -0.2) is 9.59 Å². The Bertz CT molecular complexity index is 1280. The maximum Gasteiger partial charge on any atom is 0.408 e. The van der Waals surface area contributed by atoms with Crippen molar-refractivity contribution in [2.24, 2.45) is 0 Å². The van der Waals surface area contributed by atoms with Crippen LogP contribution in [0.1, 0.15) is 65.6 Å². The van der Waals surface area contributed by atoms with Crippen LogP contribution >= 0.6 is 0 Å². The summed E-state index contributed by atoms with van der Waals surface area (Å²) in [6.45, 7) is 11.0. The number of rotatable bonds is 10. The fourth-order valence-electron chi connectivity index (χ4n) is 3.96. The molecule has 11 heteroatoms. The SMILES string of the molecule is CC(NC(=O)OC(C)(C)C)C(=O)N(CC#N)C(C(=O)NC(Cc1ccccc1)C(=O)OC(C)(C)C)c1ccc(O)cc1. The van der Waals surface area contributed by atoms with Gasteiger partial charge in [-0.2, -0.15) is 5.26 Å². The van der Waals surface area contributed by atoms with E-state index in [1.165, 1.54) is 31.2 Å². The monoisotopic (exact) mass is 580 g/mol. The maximum atomic E-state index is 14.0. The summed E-state index contributed by atoms with van der Waals surface area (Å²) in [6, 6.07) is 12.8. The molecular formula is C31H40N4O7. The van der Waals surface area contributed by atoms with Crippen LogP contribution in [0.3, 0.4) is 0 Å². The van der Waals surface area contributed by atoms with Crippen LogP contribution in [0.25, 0.3) is 0 Å². The summed E-state index contributed by atoms with van der Waals surface area (Å²) in [5, 5.41) is 24.6. The van der Waals surface area contributed by atoms with Gasteiger partial charge in [0.05, 0.1) is 6.07 Å². The number of aromatic hydroxyl groups is 1. The molecule has 0 radical (unpaired) electrons. The zero-order chi connectivity index (χ0) is 31.7. The number of hydrogen-bond acceptors (Lipinski definition) is 8. The highest BCUT2D eigenvalue weighted by atomic mass is 16.6. The van der Waals surface area contributed by atoms with E-state index in [0.29, 0.717) is 0 Å². The van der Waals surface area contributed by atoms with E-state index in [4.69, 9.17) is 9.47 Å². The first-order valence-corrected chi connectivity index (χ1v) is 13.5. The third-order valence-electron chi connectivity index (χ3n) is 5.69. The molecule has 0 saturated heterocycles. The van der Waals surface area contributed by atoms with Crippen molar-refractivity contribution >= 4 is 23.9 Å². The standard InChI is InChI=1S/C31H40N4O7/c1-20(33-29(40)42-31(5,6)7)27(38)35(18-17-32)25(22-13-15-23(36)16-14-22)26(37)34-24(28(39)41-30(2,3)4)19-21-11-9-8-10-12-21/h8-16,20,24-25,36H,18-19H2,1-7H3,(H,33,40)(H,34,37). The summed E-state index contributed by atoms with van der Waals surface area (Å²) in [6.07, 6.45) is -0.745. The fourth-order valence-corrected chi connectivity index (χ4v) is 3.96. The molecule has 2 aromatic carbocycles. The Morgan fingerprint density at radius 3 is 2.00 bits per heavy atom. The van der Waals surface area contributed by atoms with Crippen molar-refractivity contribution in [1.29, 1.82) is 5.26 Å². The molecule has 0 aliphatic heterocycles. The highest BCUT2D eigenvalue weighted by Gasteiger charge is 2.37. The van der Waals surface area contributed by atoms with E-state index in [1.54, 1.807) is 65.8 Å².